The third-order valence-corrected chi connectivity index (χ3v) is 2.08. The van der Waals surface area contributed by atoms with Crippen LogP contribution in [0.5, 0.6) is 0 Å². The molecule has 16 heavy (non-hydrogen) atoms. The highest BCUT2D eigenvalue weighted by Crippen LogP contribution is 2.13. The molecule has 82 valence electrons. The smallest absolute Gasteiger partial charge is 0.236 e. The molecule has 0 bridgehead atoms. The van der Waals surface area contributed by atoms with Crippen LogP contribution in [0.15, 0.2) is 29.3 Å². The van der Waals surface area contributed by atoms with Crippen molar-refractivity contribution in [1.82, 2.24) is 10.6 Å². The fourth-order valence-corrected chi connectivity index (χ4v) is 1.41. The van der Waals surface area contributed by atoms with Gasteiger partial charge in [0, 0.05) is 0 Å². The molecule has 1 aromatic carbocycles. The van der Waals surface area contributed by atoms with Crippen LogP contribution in [-0.4, -0.2) is 17.8 Å². The van der Waals surface area contributed by atoms with Gasteiger partial charge in [-0.2, -0.15) is 0 Å². The van der Waals surface area contributed by atoms with Crippen molar-refractivity contribution in [1.29, 1.82) is 0 Å². The molecule has 2 N–H and O–H groups in total. The Morgan fingerprint density at radius 3 is 2.50 bits per heavy atom. The molecule has 0 radical (unpaired) electrons. The van der Waals surface area contributed by atoms with E-state index in [1.165, 1.54) is 0 Å². The summed E-state index contributed by atoms with van der Waals surface area (Å²) < 4.78 is 0. The first-order valence-corrected chi connectivity index (χ1v) is 4.88. The zero-order valence-corrected chi connectivity index (χ0v) is 8.78. The highest BCUT2D eigenvalue weighted by Gasteiger charge is 2.19. The monoisotopic (exact) mass is 217 g/mol. The minimum Gasteiger partial charge on any atom is -0.296 e. The molecule has 1 aliphatic rings. The topological polar surface area (TPSA) is 70.6 Å². The van der Waals surface area contributed by atoms with E-state index in [1.54, 1.807) is 6.07 Å². The lowest BCUT2D eigenvalue weighted by Crippen LogP contribution is -2.50. The highest BCUT2D eigenvalue weighted by molar-refractivity contribution is 6.16. The lowest BCUT2D eigenvalue weighted by molar-refractivity contribution is -0.129. The van der Waals surface area contributed by atoms with E-state index >= 15 is 0 Å². The second-order valence-electron chi connectivity index (χ2n) is 3.57. The Hall–Kier alpha value is -2.17. The minimum atomic E-state index is -0.338. The number of carbonyl (C=O) groups excluding carboxylic acids is 2. The summed E-state index contributed by atoms with van der Waals surface area (Å²) in [6.07, 6.45) is -0.146. The third kappa shape index (κ3) is 2.44. The predicted molar refractivity (Wildman–Crippen MR) is 59.2 cm³/mol. The summed E-state index contributed by atoms with van der Waals surface area (Å²) in [5.74, 6) is -0.489. The molecule has 2 amide bonds. The maximum atomic E-state index is 11.1. The van der Waals surface area contributed by atoms with Crippen molar-refractivity contribution < 1.29 is 9.59 Å². The van der Waals surface area contributed by atoms with Crippen molar-refractivity contribution in [2.45, 2.75) is 13.3 Å². The molecule has 1 aliphatic heterocycles. The van der Waals surface area contributed by atoms with Gasteiger partial charge in [0.1, 0.15) is 6.42 Å². The van der Waals surface area contributed by atoms with E-state index in [9.17, 15) is 9.59 Å². The Balaban J connectivity index is 2.23. The van der Waals surface area contributed by atoms with Crippen LogP contribution in [0, 0.1) is 6.92 Å². The standard InChI is InChI=1S/C11H11N3O2/c1-7-3-2-4-8(5-7)12-11-13-9(15)6-10(16)14-11/h2-5H,6H2,1H3,(H2,12,13,14,15,16). The first-order valence-electron chi connectivity index (χ1n) is 4.88. The van der Waals surface area contributed by atoms with Gasteiger partial charge in [-0.25, -0.2) is 4.99 Å². The second kappa shape index (κ2) is 4.14. The van der Waals surface area contributed by atoms with Crippen LogP contribution in [0.25, 0.3) is 0 Å². The van der Waals surface area contributed by atoms with Gasteiger partial charge in [-0.15, -0.1) is 0 Å². The van der Waals surface area contributed by atoms with E-state index < -0.39 is 0 Å². The third-order valence-electron chi connectivity index (χ3n) is 2.08. The molecule has 0 atom stereocenters. The molecule has 1 heterocycles. The van der Waals surface area contributed by atoms with Crippen LogP contribution in [0.1, 0.15) is 12.0 Å². The Morgan fingerprint density at radius 2 is 1.88 bits per heavy atom. The van der Waals surface area contributed by atoms with Crippen LogP contribution < -0.4 is 10.6 Å². The molecular formula is C11H11N3O2. The fraction of sp³-hybridized carbons (Fsp3) is 0.182. The van der Waals surface area contributed by atoms with Crippen LogP contribution in [0.3, 0.4) is 0 Å². The zero-order chi connectivity index (χ0) is 11.5. The van der Waals surface area contributed by atoms with Crippen molar-refractivity contribution in [3.63, 3.8) is 0 Å². The van der Waals surface area contributed by atoms with Gasteiger partial charge in [-0.3, -0.25) is 20.2 Å². The maximum Gasteiger partial charge on any atom is 0.236 e. The second-order valence-corrected chi connectivity index (χ2v) is 3.57. The fourth-order valence-electron chi connectivity index (χ4n) is 1.41. The van der Waals surface area contributed by atoms with E-state index in [0.717, 1.165) is 5.56 Å². The van der Waals surface area contributed by atoms with Gasteiger partial charge >= 0.3 is 0 Å². The number of guanidine groups is 1. The van der Waals surface area contributed by atoms with Crippen LogP contribution in [-0.2, 0) is 9.59 Å². The summed E-state index contributed by atoms with van der Waals surface area (Å²) in [4.78, 5) is 26.3. The van der Waals surface area contributed by atoms with Gasteiger partial charge in [0.2, 0.25) is 17.8 Å². The molecule has 0 aliphatic carbocycles. The summed E-state index contributed by atoms with van der Waals surface area (Å²) >= 11 is 0. The molecule has 1 fully saturated rings. The Bertz CT molecular complexity index is 462. The van der Waals surface area contributed by atoms with Crippen molar-refractivity contribution >= 4 is 23.5 Å². The summed E-state index contributed by atoms with van der Waals surface area (Å²) in [5, 5.41) is 4.99. The number of rotatable bonds is 1. The van der Waals surface area contributed by atoms with E-state index in [4.69, 9.17) is 0 Å². The lowest BCUT2D eigenvalue weighted by atomic mass is 10.2. The summed E-state index contributed by atoms with van der Waals surface area (Å²) in [5.41, 5.74) is 1.76. The van der Waals surface area contributed by atoms with Crippen LogP contribution in [0.4, 0.5) is 5.69 Å². The van der Waals surface area contributed by atoms with Crippen molar-refractivity contribution in [3.05, 3.63) is 29.8 Å². The van der Waals surface area contributed by atoms with Crippen molar-refractivity contribution in [3.8, 4) is 0 Å². The number of nitrogens with zero attached hydrogens (tertiary/aromatic N) is 1. The van der Waals surface area contributed by atoms with Gasteiger partial charge in [0.15, 0.2) is 0 Å². The van der Waals surface area contributed by atoms with Gasteiger partial charge in [-0.1, -0.05) is 12.1 Å². The Morgan fingerprint density at radius 1 is 1.19 bits per heavy atom. The molecular weight excluding hydrogens is 206 g/mol. The number of carbonyl (C=O) groups is 2. The number of aryl methyl sites for hydroxylation is 1. The zero-order valence-electron chi connectivity index (χ0n) is 8.78. The SMILES string of the molecule is Cc1cccc(N=C2NC(=O)CC(=O)N2)c1. The first kappa shape index (κ1) is 10.4. The number of amides is 2. The molecule has 0 saturated carbocycles. The van der Waals surface area contributed by atoms with E-state index in [0.29, 0.717) is 5.69 Å². The average Bonchev–Trinajstić information content (AvgIpc) is 2.15. The summed E-state index contributed by atoms with van der Waals surface area (Å²) in [7, 11) is 0. The number of hydrogen-bond acceptors (Lipinski definition) is 3. The van der Waals surface area contributed by atoms with Crippen molar-refractivity contribution in [2.75, 3.05) is 0 Å². The number of benzene rings is 1. The van der Waals surface area contributed by atoms with E-state index in [-0.39, 0.29) is 24.2 Å². The van der Waals surface area contributed by atoms with E-state index in [2.05, 4.69) is 15.6 Å². The normalized spacial score (nSPS) is 15.4. The Kier molecular flexibility index (Phi) is 2.68. The molecule has 0 unspecified atom stereocenters. The van der Waals surface area contributed by atoms with Crippen molar-refractivity contribution in [2.24, 2.45) is 4.99 Å². The summed E-state index contributed by atoms with van der Waals surface area (Å²) in [6.45, 7) is 1.95. The highest BCUT2D eigenvalue weighted by atomic mass is 16.2. The molecule has 0 spiro atoms. The maximum absolute atomic E-state index is 11.1. The first-order chi connectivity index (χ1) is 7.63. The minimum absolute atomic E-state index is 0.146. The summed E-state index contributed by atoms with van der Waals surface area (Å²) in [6, 6.07) is 7.47. The Labute approximate surface area is 92.6 Å². The van der Waals surface area contributed by atoms with Gasteiger partial charge in [0.05, 0.1) is 5.69 Å². The number of nitrogens with one attached hydrogen (secondary N) is 2. The molecule has 1 aromatic rings. The molecule has 0 aromatic heterocycles. The van der Waals surface area contributed by atoms with Crippen LogP contribution >= 0.6 is 0 Å². The van der Waals surface area contributed by atoms with Gasteiger partial charge < -0.3 is 0 Å². The van der Waals surface area contributed by atoms with Gasteiger partial charge in [0.25, 0.3) is 0 Å². The lowest BCUT2D eigenvalue weighted by Gasteiger charge is -2.14. The van der Waals surface area contributed by atoms with E-state index in [1.807, 2.05) is 25.1 Å². The molecule has 2 rings (SSSR count). The van der Waals surface area contributed by atoms with Gasteiger partial charge in [-0.05, 0) is 24.6 Å². The average molecular weight is 217 g/mol. The number of aliphatic imine (C=N–C) groups is 1. The number of hydrogen-bond donors (Lipinski definition) is 2. The predicted octanol–water partition coefficient (Wildman–Crippen LogP) is 0.619. The molecule has 5 heteroatoms. The molecule has 5 nitrogen and oxygen atoms in total. The molecule has 1 saturated heterocycles. The van der Waals surface area contributed by atoms with Crippen LogP contribution in [0.2, 0.25) is 0 Å². The quantitative estimate of drug-likeness (QED) is 0.677. The largest absolute Gasteiger partial charge is 0.296 e.